The molecule has 5 aromatic rings. The van der Waals surface area contributed by atoms with Crippen LogP contribution in [0.3, 0.4) is 0 Å². The van der Waals surface area contributed by atoms with Gasteiger partial charge in [0.1, 0.15) is 0 Å². The van der Waals surface area contributed by atoms with Crippen molar-refractivity contribution in [1.82, 2.24) is 24.7 Å². The summed E-state index contributed by atoms with van der Waals surface area (Å²) < 4.78 is 18.4. The number of aromatic nitrogens is 5. The monoisotopic (exact) mass is 456 g/mol. The Hall–Kier alpha value is -4.40. The smallest absolute Gasteiger partial charge is 0.251 e. The van der Waals surface area contributed by atoms with Gasteiger partial charge in [-0.3, -0.25) is 4.98 Å². The van der Waals surface area contributed by atoms with Gasteiger partial charge < -0.3 is 23.8 Å². The molecule has 9 heteroatoms. The van der Waals surface area contributed by atoms with Crippen molar-refractivity contribution in [3.8, 4) is 34.1 Å². The zero-order valence-corrected chi connectivity index (χ0v) is 18.9. The van der Waals surface area contributed by atoms with Crippen LogP contribution in [0.15, 0.2) is 72.1 Å². The average Bonchev–Trinajstić information content (AvgIpc) is 3.60. The topological polar surface area (TPSA) is 100 Å². The summed E-state index contributed by atoms with van der Waals surface area (Å²) in [5.41, 5.74) is 4.57. The van der Waals surface area contributed by atoms with Gasteiger partial charge in [0.05, 0.1) is 37.3 Å². The van der Waals surface area contributed by atoms with Gasteiger partial charge in [0, 0.05) is 37.1 Å². The van der Waals surface area contributed by atoms with Crippen molar-refractivity contribution in [3.05, 3.63) is 67.7 Å². The molecule has 1 N–H and O–H groups in total. The predicted molar refractivity (Wildman–Crippen MR) is 129 cm³/mol. The minimum atomic E-state index is 0.419. The van der Waals surface area contributed by atoms with E-state index in [2.05, 4.69) is 36.1 Å². The van der Waals surface area contributed by atoms with Gasteiger partial charge >= 0.3 is 0 Å². The SMILES string of the molecule is COc1ccc(-c2ccc3ncc(-c4nnco4)c(NCCCn4ccnc4)c3c2)cc1OC. The molecular weight excluding hydrogens is 432 g/mol. The summed E-state index contributed by atoms with van der Waals surface area (Å²) in [7, 11) is 3.26. The number of hydrogen-bond acceptors (Lipinski definition) is 8. The van der Waals surface area contributed by atoms with Gasteiger partial charge in [0.15, 0.2) is 11.5 Å². The highest BCUT2D eigenvalue weighted by atomic mass is 16.5. The van der Waals surface area contributed by atoms with E-state index in [4.69, 9.17) is 13.9 Å². The molecule has 0 fully saturated rings. The second-order valence-electron chi connectivity index (χ2n) is 7.67. The van der Waals surface area contributed by atoms with Crippen molar-refractivity contribution in [3.63, 3.8) is 0 Å². The number of imidazole rings is 1. The zero-order valence-electron chi connectivity index (χ0n) is 18.9. The van der Waals surface area contributed by atoms with Crippen molar-refractivity contribution in [2.24, 2.45) is 0 Å². The maximum Gasteiger partial charge on any atom is 0.251 e. The van der Waals surface area contributed by atoms with Crippen LogP contribution in [-0.4, -0.2) is 45.5 Å². The largest absolute Gasteiger partial charge is 0.493 e. The Kier molecular flexibility index (Phi) is 6.07. The second kappa shape index (κ2) is 9.62. The summed E-state index contributed by atoms with van der Waals surface area (Å²) in [5.74, 6) is 1.78. The summed E-state index contributed by atoms with van der Waals surface area (Å²) in [6.45, 7) is 1.61. The maximum absolute atomic E-state index is 5.50. The van der Waals surface area contributed by atoms with E-state index in [0.29, 0.717) is 17.4 Å². The first-order valence-electron chi connectivity index (χ1n) is 10.9. The van der Waals surface area contributed by atoms with E-state index in [0.717, 1.165) is 52.8 Å². The molecule has 9 nitrogen and oxygen atoms in total. The molecular formula is C25H24N6O3. The van der Waals surface area contributed by atoms with Gasteiger partial charge in [0.2, 0.25) is 6.39 Å². The van der Waals surface area contributed by atoms with Gasteiger partial charge in [0.25, 0.3) is 5.89 Å². The Morgan fingerprint density at radius 1 is 1.03 bits per heavy atom. The molecule has 0 aliphatic carbocycles. The maximum atomic E-state index is 5.50. The normalized spacial score (nSPS) is 11.0. The number of benzene rings is 2. The number of methoxy groups -OCH3 is 2. The lowest BCUT2D eigenvalue weighted by molar-refractivity contribution is 0.355. The molecule has 0 unspecified atom stereocenters. The molecule has 34 heavy (non-hydrogen) atoms. The first-order chi connectivity index (χ1) is 16.8. The van der Waals surface area contributed by atoms with Crippen molar-refractivity contribution in [2.45, 2.75) is 13.0 Å². The Morgan fingerprint density at radius 2 is 1.88 bits per heavy atom. The molecule has 0 aliphatic heterocycles. The number of nitrogens with zero attached hydrogens (tertiary/aromatic N) is 5. The van der Waals surface area contributed by atoms with Crippen LogP contribution in [0.1, 0.15) is 6.42 Å². The number of anilines is 1. The molecule has 2 aromatic carbocycles. The number of hydrogen-bond donors (Lipinski definition) is 1. The summed E-state index contributed by atoms with van der Waals surface area (Å²) in [6, 6.07) is 12.0. The average molecular weight is 457 g/mol. The van der Waals surface area contributed by atoms with E-state index in [1.807, 2.05) is 42.9 Å². The summed E-state index contributed by atoms with van der Waals surface area (Å²) >= 11 is 0. The third-order valence-electron chi connectivity index (χ3n) is 5.63. The predicted octanol–water partition coefficient (Wildman–Crippen LogP) is 4.67. The number of rotatable bonds is 9. The van der Waals surface area contributed by atoms with Crippen molar-refractivity contribution >= 4 is 16.6 Å². The minimum Gasteiger partial charge on any atom is -0.493 e. The number of ether oxygens (including phenoxy) is 2. The number of aryl methyl sites for hydroxylation is 1. The molecule has 0 aliphatic rings. The van der Waals surface area contributed by atoms with E-state index in [9.17, 15) is 0 Å². The molecule has 3 heterocycles. The van der Waals surface area contributed by atoms with Crippen LogP contribution in [0.4, 0.5) is 5.69 Å². The number of pyridine rings is 1. The van der Waals surface area contributed by atoms with Crippen LogP contribution >= 0.6 is 0 Å². The summed E-state index contributed by atoms with van der Waals surface area (Å²) in [4.78, 5) is 8.74. The molecule has 0 atom stereocenters. The van der Waals surface area contributed by atoms with E-state index >= 15 is 0 Å². The van der Waals surface area contributed by atoms with E-state index in [1.165, 1.54) is 6.39 Å². The molecule has 3 aromatic heterocycles. The molecule has 5 rings (SSSR count). The summed E-state index contributed by atoms with van der Waals surface area (Å²) in [6.07, 6.45) is 9.57. The third-order valence-corrected chi connectivity index (χ3v) is 5.63. The van der Waals surface area contributed by atoms with Crippen molar-refractivity contribution < 1.29 is 13.9 Å². The number of fused-ring (bicyclic) bond motifs is 1. The van der Waals surface area contributed by atoms with Gasteiger partial charge in [-0.2, -0.15) is 0 Å². The van der Waals surface area contributed by atoms with E-state index in [-0.39, 0.29) is 0 Å². The third kappa shape index (κ3) is 4.27. The Morgan fingerprint density at radius 3 is 2.65 bits per heavy atom. The molecule has 0 radical (unpaired) electrons. The van der Waals surface area contributed by atoms with Crippen LogP contribution in [0, 0.1) is 0 Å². The quantitative estimate of drug-likeness (QED) is 0.320. The van der Waals surface area contributed by atoms with E-state index in [1.54, 1.807) is 26.6 Å². The molecule has 0 saturated heterocycles. The van der Waals surface area contributed by atoms with Crippen LogP contribution in [-0.2, 0) is 6.54 Å². The molecule has 0 amide bonds. The lowest BCUT2D eigenvalue weighted by Gasteiger charge is -2.15. The highest BCUT2D eigenvalue weighted by molar-refractivity contribution is 6.00. The van der Waals surface area contributed by atoms with Crippen LogP contribution in [0.2, 0.25) is 0 Å². The lowest BCUT2D eigenvalue weighted by Crippen LogP contribution is -2.07. The first kappa shape index (κ1) is 21.4. The minimum absolute atomic E-state index is 0.419. The fourth-order valence-corrected chi connectivity index (χ4v) is 3.92. The highest BCUT2D eigenvalue weighted by Crippen LogP contribution is 2.37. The molecule has 172 valence electrons. The van der Waals surface area contributed by atoms with Gasteiger partial charge in [-0.15, -0.1) is 10.2 Å². The zero-order chi connectivity index (χ0) is 23.3. The first-order valence-corrected chi connectivity index (χ1v) is 10.9. The van der Waals surface area contributed by atoms with Crippen molar-refractivity contribution in [2.75, 3.05) is 26.1 Å². The second-order valence-corrected chi connectivity index (χ2v) is 7.67. The van der Waals surface area contributed by atoms with Crippen molar-refractivity contribution in [1.29, 1.82) is 0 Å². The summed E-state index contributed by atoms with van der Waals surface area (Å²) in [5, 5.41) is 12.5. The lowest BCUT2D eigenvalue weighted by atomic mass is 10.0. The van der Waals surface area contributed by atoms with Crippen LogP contribution < -0.4 is 14.8 Å². The van der Waals surface area contributed by atoms with Crippen LogP contribution in [0.5, 0.6) is 11.5 Å². The van der Waals surface area contributed by atoms with Crippen LogP contribution in [0.25, 0.3) is 33.5 Å². The Balaban J connectivity index is 1.53. The van der Waals surface area contributed by atoms with Gasteiger partial charge in [-0.05, 0) is 41.8 Å². The Labute approximate surface area is 196 Å². The Bertz CT molecular complexity index is 1380. The fourth-order valence-electron chi connectivity index (χ4n) is 3.92. The van der Waals surface area contributed by atoms with Gasteiger partial charge in [-0.1, -0.05) is 12.1 Å². The van der Waals surface area contributed by atoms with Gasteiger partial charge in [-0.25, -0.2) is 4.98 Å². The highest BCUT2D eigenvalue weighted by Gasteiger charge is 2.16. The fraction of sp³-hybridized carbons (Fsp3) is 0.200. The van der Waals surface area contributed by atoms with E-state index < -0.39 is 0 Å². The molecule has 0 saturated carbocycles. The molecule has 0 bridgehead atoms. The molecule has 0 spiro atoms. The standard InChI is InChI=1S/C25H24N6O3/c1-32-22-7-5-18(13-23(22)33-2)17-4-6-21-19(12-17)24(20(14-28-21)25-30-29-16-34-25)27-8-3-10-31-11-9-26-15-31/h4-7,9,11-16H,3,8,10H2,1-2H3,(H,27,28). The number of nitrogens with one attached hydrogen (secondary N) is 1.